The van der Waals surface area contributed by atoms with E-state index in [9.17, 15) is 26.3 Å². The van der Waals surface area contributed by atoms with Gasteiger partial charge in [-0.2, -0.15) is 8.78 Å². The number of hydrogen-bond acceptors (Lipinski definition) is 2. The van der Waals surface area contributed by atoms with Gasteiger partial charge in [-0.15, -0.1) is 0 Å². The molecule has 2 nitrogen and oxygen atoms in total. The molecule has 0 aliphatic heterocycles. The summed E-state index contributed by atoms with van der Waals surface area (Å²) < 4.78 is 111. The number of benzene rings is 4. The number of halogens is 7. The molecule has 44 heavy (non-hydrogen) atoms. The van der Waals surface area contributed by atoms with E-state index in [1.807, 2.05) is 6.92 Å². The summed E-state index contributed by atoms with van der Waals surface area (Å²) in [5.41, 5.74) is 0.420. The number of unbranched alkanes of at least 4 members (excludes halogenated alkanes) is 1. The average molecular weight is 617 g/mol. The molecule has 0 N–H and O–H groups in total. The molecule has 0 aromatic heterocycles. The number of alkyl halides is 2. The Morgan fingerprint density at radius 2 is 1.27 bits per heavy atom. The van der Waals surface area contributed by atoms with E-state index in [0.29, 0.717) is 55.7 Å². The predicted octanol–water partition coefficient (Wildman–Crippen LogP) is 10.7. The molecule has 0 heterocycles. The normalized spacial score (nSPS) is 17.1. The molecule has 5 rings (SSSR count). The van der Waals surface area contributed by atoms with Crippen LogP contribution in [0.2, 0.25) is 0 Å². The van der Waals surface area contributed by atoms with Crippen molar-refractivity contribution in [2.45, 2.75) is 63.6 Å². The molecule has 0 unspecified atom stereocenters. The van der Waals surface area contributed by atoms with Gasteiger partial charge in [0.05, 0.1) is 18.3 Å². The third kappa shape index (κ3) is 7.09. The zero-order chi connectivity index (χ0) is 31.4. The lowest BCUT2D eigenvalue weighted by atomic mass is 9.82. The molecule has 4 aromatic rings. The fourth-order valence-corrected chi connectivity index (χ4v) is 5.52. The van der Waals surface area contributed by atoms with Crippen LogP contribution in [0.3, 0.4) is 0 Å². The Balaban J connectivity index is 1.20. The van der Waals surface area contributed by atoms with Crippen molar-refractivity contribution < 1.29 is 40.2 Å². The van der Waals surface area contributed by atoms with Crippen molar-refractivity contribution in [3.8, 4) is 28.0 Å². The standard InChI is InChI=1S/C35H31F7O2/c1-2-3-16-43-26-12-8-25(9-13-26)35(41,42)44-27-10-4-21(5-11-27)22-6-14-28(30(36)17-22)23-7-15-29(31(37)18-23)24-19-32(38)34(40)33(39)20-24/h6-9,12-15,17-21,27H,2-5,10-11,16H2,1H3. The van der Waals surface area contributed by atoms with Crippen LogP contribution in [0, 0.1) is 29.1 Å². The van der Waals surface area contributed by atoms with Gasteiger partial charge in [-0.25, -0.2) is 22.0 Å². The van der Waals surface area contributed by atoms with Crippen molar-refractivity contribution >= 4 is 0 Å². The minimum Gasteiger partial charge on any atom is -0.494 e. The van der Waals surface area contributed by atoms with Gasteiger partial charge in [-0.1, -0.05) is 37.6 Å². The van der Waals surface area contributed by atoms with Crippen molar-refractivity contribution in [3.63, 3.8) is 0 Å². The molecule has 9 heteroatoms. The lowest BCUT2D eigenvalue weighted by molar-refractivity contribution is -0.277. The molecule has 0 spiro atoms. The Morgan fingerprint density at radius 3 is 1.89 bits per heavy atom. The van der Waals surface area contributed by atoms with Crippen LogP contribution in [-0.2, 0) is 10.8 Å². The lowest BCUT2D eigenvalue weighted by Crippen LogP contribution is -2.29. The molecule has 1 aliphatic rings. The van der Waals surface area contributed by atoms with Crippen LogP contribution in [0.1, 0.15) is 62.5 Å². The molecule has 0 bridgehead atoms. The van der Waals surface area contributed by atoms with Gasteiger partial charge in [0.15, 0.2) is 17.5 Å². The van der Waals surface area contributed by atoms with E-state index in [0.717, 1.165) is 18.9 Å². The summed E-state index contributed by atoms with van der Waals surface area (Å²) in [5.74, 6) is -5.54. The van der Waals surface area contributed by atoms with E-state index in [4.69, 9.17) is 9.47 Å². The summed E-state index contributed by atoms with van der Waals surface area (Å²) >= 11 is 0. The third-order valence-corrected chi connectivity index (χ3v) is 7.99. The van der Waals surface area contributed by atoms with Gasteiger partial charge in [-0.3, -0.25) is 0 Å². The highest BCUT2D eigenvalue weighted by atomic mass is 19.3. The summed E-state index contributed by atoms with van der Waals surface area (Å²) in [6.45, 7) is 2.56. The predicted molar refractivity (Wildman–Crippen MR) is 154 cm³/mol. The summed E-state index contributed by atoms with van der Waals surface area (Å²) in [5, 5.41) is 0. The highest BCUT2D eigenvalue weighted by Crippen LogP contribution is 2.40. The van der Waals surface area contributed by atoms with E-state index in [1.165, 1.54) is 48.5 Å². The topological polar surface area (TPSA) is 18.5 Å². The van der Waals surface area contributed by atoms with Crippen LogP contribution in [0.25, 0.3) is 22.3 Å². The molecule has 0 atom stereocenters. The van der Waals surface area contributed by atoms with Gasteiger partial charge in [0, 0.05) is 11.1 Å². The monoisotopic (exact) mass is 616 g/mol. The molecular formula is C35H31F7O2. The fraction of sp³-hybridized carbons (Fsp3) is 0.314. The number of ether oxygens (including phenoxy) is 2. The summed E-state index contributed by atoms with van der Waals surface area (Å²) in [6.07, 6.45) is -0.470. The molecule has 4 aromatic carbocycles. The van der Waals surface area contributed by atoms with Gasteiger partial charge in [0.25, 0.3) is 0 Å². The van der Waals surface area contributed by atoms with Gasteiger partial charge in [-0.05, 0) is 103 Å². The maximum Gasteiger partial charge on any atom is 0.383 e. The quantitative estimate of drug-likeness (QED) is 0.100. The maximum atomic E-state index is 15.2. The van der Waals surface area contributed by atoms with Crippen molar-refractivity contribution in [3.05, 3.63) is 113 Å². The van der Waals surface area contributed by atoms with Crippen LogP contribution < -0.4 is 4.74 Å². The average Bonchev–Trinajstić information content (AvgIpc) is 3.00. The van der Waals surface area contributed by atoms with Gasteiger partial charge in [0.1, 0.15) is 17.4 Å². The Bertz CT molecular complexity index is 1570. The Morgan fingerprint density at radius 1 is 0.682 bits per heavy atom. The van der Waals surface area contributed by atoms with Crippen molar-refractivity contribution in [1.29, 1.82) is 0 Å². The molecule has 0 radical (unpaired) electrons. The number of rotatable bonds is 10. The molecule has 0 saturated heterocycles. The summed E-state index contributed by atoms with van der Waals surface area (Å²) in [7, 11) is 0. The fourth-order valence-electron chi connectivity index (χ4n) is 5.52. The van der Waals surface area contributed by atoms with Crippen LogP contribution in [0.15, 0.2) is 72.8 Å². The highest BCUT2D eigenvalue weighted by Gasteiger charge is 2.37. The van der Waals surface area contributed by atoms with Gasteiger partial charge < -0.3 is 9.47 Å². The largest absolute Gasteiger partial charge is 0.494 e. The van der Waals surface area contributed by atoms with Crippen molar-refractivity contribution in [2.24, 2.45) is 0 Å². The molecule has 1 fully saturated rings. The van der Waals surface area contributed by atoms with Crippen molar-refractivity contribution in [1.82, 2.24) is 0 Å². The van der Waals surface area contributed by atoms with E-state index in [2.05, 4.69) is 0 Å². The lowest BCUT2D eigenvalue weighted by Gasteiger charge is -2.31. The first-order chi connectivity index (χ1) is 21.1. The van der Waals surface area contributed by atoms with E-state index < -0.39 is 41.3 Å². The van der Waals surface area contributed by atoms with Crippen LogP contribution in [-0.4, -0.2) is 12.7 Å². The minimum atomic E-state index is -3.46. The van der Waals surface area contributed by atoms with Crippen molar-refractivity contribution in [2.75, 3.05) is 6.61 Å². The summed E-state index contributed by atoms with van der Waals surface area (Å²) in [4.78, 5) is 0. The Kier molecular flexibility index (Phi) is 9.63. The maximum absolute atomic E-state index is 15.2. The smallest absolute Gasteiger partial charge is 0.383 e. The molecule has 0 amide bonds. The van der Waals surface area contributed by atoms with Gasteiger partial charge >= 0.3 is 6.11 Å². The zero-order valence-electron chi connectivity index (χ0n) is 24.0. The first-order valence-corrected chi connectivity index (χ1v) is 14.6. The second kappa shape index (κ2) is 13.4. The molecule has 1 saturated carbocycles. The van der Waals surface area contributed by atoms with Crippen LogP contribution >= 0.6 is 0 Å². The summed E-state index contributed by atoms with van der Waals surface area (Å²) in [6, 6.07) is 15.3. The first-order valence-electron chi connectivity index (χ1n) is 14.6. The van der Waals surface area contributed by atoms with Crippen LogP contribution in [0.4, 0.5) is 30.7 Å². The van der Waals surface area contributed by atoms with Crippen LogP contribution in [0.5, 0.6) is 5.75 Å². The minimum absolute atomic E-state index is 0.0612. The molecule has 232 valence electrons. The number of hydrogen-bond donors (Lipinski definition) is 0. The van der Waals surface area contributed by atoms with E-state index >= 15 is 4.39 Å². The zero-order valence-corrected chi connectivity index (χ0v) is 24.0. The first kappa shape index (κ1) is 31.6. The Labute approximate surface area is 251 Å². The molecule has 1 aliphatic carbocycles. The SMILES string of the molecule is CCCCOc1ccc(C(F)(F)OC2CCC(c3ccc(-c4ccc(-c5cc(F)c(F)c(F)c5)c(F)c4)c(F)c3)CC2)cc1. The van der Waals surface area contributed by atoms with E-state index in [1.54, 1.807) is 6.07 Å². The molecular weight excluding hydrogens is 585 g/mol. The van der Waals surface area contributed by atoms with Gasteiger partial charge in [0.2, 0.25) is 0 Å². The van der Waals surface area contributed by atoms with E-state index in [-0.39, 0.29) is 33.7 Å². The second-order valence-electron chi connectivity index (χ2n) is 11.0. The third-order valence-electron chi connectivity index (χ3n) is 7.99. The highest BCUT2D eigenvalue weighted by molar-refractivity contribution is 5.71. The Hall–Kier alpha value is -3.85. The second-order valence-corrected chi connectivity index (χ2v) is 11.0.